The zero-order valence-electron chi connectivity index (χ0n) is 11.6. The van der Waals surface area contributed by atoms with E-state index in [-0.39, 0.29) is 5.82 Å². The number of nitrogens with zero attached hydrogens (tertiary/aromatic N) is 2. The zero-order chi connectivity index (χ0) is 14.5. The van der Waals surface area contributed by atoms with Crippen LogP contribution in [-0.2, 0) is 6.42 Å². The van der Waals surface area contributed by atoms with Crippen LogP contribution in [0.5, 0.6) is 0 Å². The van der Waals surface area contributed by atoms with Crippen molar-refractivity contribution < 1.29 is 4.39 Å². The average molecular weight is 294 g/mol. The third kappa shape index (κ3) is 3.07. The summed E-state index contributed by atoms with van der Waals surface area (Å²) in [4.78, 5) is 8.62. The lowest BCUT2D eigenvalue weighted by Gasteiger charge is -2.14. The fraction of sp³-hybridized carbons (Fsp3) is 0.333. The molecule has 5 heteroatoms. The molecule has 0 bridgehead atoms. The Bertz CT molecular complexity index is 602. The highest BCUT2D eigenvalue weighted by molar-refractivity contribution is 6.33. The van der Waals surface area contributed by atoms with E-state index in [0.29, 0.717) is 5.02 Å². The van der Waals surface area contributed by atoms with Gasteiger partial charge in [-0.15, -0.1) is 0 Å². The lowest BCUT2D eigenvalue weighted by Crippen LogP contribution is -2.06. The van der Waals surface area contributed by atoms with Crippen LogP contribution in [0.4, 0.5) is 10.2 Å². The van der Waals surface area contributed by atoms with Gasteiger partial charge in [0.15, 0.2) is 0 Å². The zero-order valence-corrected chi connectivity index (χ0v) is 12.3. The van der Waals surface area contributed by atoms with Gasteiger partial charge in [0.25, 0.3) is 0 Å². The molecule has 0 aliphatic carbocycles. The van der Waals surface area contributed by atoms with Gasteiger partial charge in [0.1, 0.15) is 18.0 Å². The summed E-state index contributed by atoms with van der Waals surface area (Å²) in [5.74, 6) is 0.469. The minimum absolute atomic E-state index is 0.350. The van der Waals surface area contributed by atoms with Crippen LogP contribution in [0, 0.1) is 5.82 Å². The van der Waals surface area contributed by atoms with Crippen molar-refractivity contribution in [2.45, 2.75) is 26.7 Å². The quantitative estimate of drug-likeness (QED) is 0.892. The standard InChI is InChI=1S/C15H17ClFN3/c1-3-5-12-14(19-9-20-15(12)18-4-2)11-7-6-10(17)8-13(11)16/h6-9H,3-5H2,1-2H3,(H,18,19,20). The summed E-state index contributed by atoms with van der Waals surface area (Å²) in [5.41, 5.74) is 2.52. The molecule has 20 heavy (non-hydrogen) atoms. The molecular weight excluding hydrogens is 277 g/mol. The van der Waals surface area contributed by atoms with Crippen LogP contribution in [-0.4, -0.2) is 16.5 Å². The summed E-state index contributed by atoms with van der Waals surface area (Å²) in [7, 11) is 0. The largest absolute Gasteiger partial charge is 0.370 e. The second-order valence-corrected chi connectivity index (χ2v) is 4.86. The molecule has 0 radical (unpaired) electrons. The normalized spacial score (nSPS) is 10.6. The Balaban J connectivity index is 2.57. The van der Waals surface area contributed by atoms with Gasteiger partial charge < -0.3 is 5.32 Å². The Kier molecular flexibility index (Phi) is 4.90. The SMILES string of the molecule is CCCc1c(NCC)ncnc1-c1ccc(F)cc1Cl. The fourth-order valence-corrected chi connectivity index (χ4v) is 2.39. The van der Waals surface area contributed by atoms with E-state index >= 15 is 0 Å². The van der Waals surface area contributed by atoms with Crippen LogP contribution in [0.15, 0.2) is 24.5 Å². The van der Waals surface area contributed by atoms with Gasteiger partial charge in [0.05, 0.1) is 10.7 Å². The summed E-state index contributed by atoms with van der Waals surface area (Å²) in [6.07, 6.45) is 3.32. The first-order chi connectivity index (χ1) is 9.67. The van der Waals surface area contributed by atoms with E-state index in [2.05, 4.69) is 22.2 Å². The molecule has 2 rings (SSSR count). The van der Waals surface area contributed by atoms with Crippen LogP contribution in [0.2, 0.25) is 5.02 Å². The molecule has 0 saturated heterocycles. The molecule has 0 atom stereocenters. The maximum Gasteiger partial charge on any atom is 0.133 e. The minimum atomic E-state index is -0.350. The number of benzene rings is 1. The van der Waals surface area contributed by atoms with Crippen LogP contribution in [0.1, 0.15) is 25.8 Å². The Hall–Kier alpha value is -1.68. The van der Waals surface area contributed by atoms with E-state index in [0.717, 1.165) is 42.0 Å². The Morgan fingerprint density at radius 3 is 2.70 bits per heavy atom. The smallest absolute Gasteiger partial charge is 0.133 e. The van der Waals surface area contributed by atoms with Crippen molar-refractivity contribution >= 4 is 17.4 Å². The summed E-state index contributed by atoms with van der Waals surface area (Å²) in [6.45, 7) is 4.89. The number of rotatable bonds is 5. The fourth-order valence-electron chi connectivity index (χ4n) is 2.13. The maximum absolute atomic E-state index is 13.2. The Morgan fingerprint density at radius 1 is 1.25 bits per heavy atom. The lowest BCUT2D eigenvalue weighted by atomic mass is 10.0. The lowest BCUT2D eigenvalue weighted by molar-refractivity contribution is 0.628. The van der Waals surface area contributed by atoms with Gasteiger partial charge >= 0.3 is 0 Å². The molecule has 0 aliphatic rings. The van der Waals surface area contributed by atoms with Crippen LogP contribution in [0.25, 0.3) is 11.3 Å². The molecule has 0 unspecified atom stereocenters. The van der Waals surface area contributed by atoms with Crippen molar-refractivity contribution in [2.24, 2.45) is 0 Å². The van der Waals surface area contributed by atoms with Crippen molar-refractivity contribution in [3.63, 3.8) is 0 Å². The molecule has 0 amide bonds. The number of anilines is 1. The van der Waals surface area contributed by atoms with Crippen LogP contribution in [0.3, 0.4) is 0 Å². The maximum atomic E-state index is 13.2. The van der Waals surface area contributed by atoms with E-state index < -0.39 is 0 Å². The van der Waals surface area contributed by atoms with Gasteiger partial charge in [-0.3, -0.25) is 0 Å². The molecule has 3 nitrogen and oxygen atoms in total. The molecule has 1 heterocycles. The van der Waals surface area contributed by atoms with E-state index in [4.69, 9.17) is 11.6 Å². The number of aromatic nitrogens is 2. The van der Waals surface area contributed by atoms with E-state index in [9.17, 15) is 4.39 Å². The molecule has 0 aliphatic heterocycles. The third-order valence-electron chi connectivity index (χ3n) is 2.98. The first-order valence-electron chi connectivity index (χ1n) is 6.70. The van der Waals surface area contributed by atoms with Crippen LogP contribution < -0.4 is 5.32 Å². The van der Waals surface area contributed by atoms with Crippen molar-refractivity contribution in [3.8, 4) is 11.3 Å². The topological polar surface area (TPSA) is 37.8 Å². The monoisotopic (exact) mass is 293 g/mol. The first-order valence-corrected chi connectivity index (χ1v) is 7.08. The molecule has 106 valence electrons. The van der Waals surface area contributed by atoms with Gasteiger partial charge in [-0.25, -0.2) is 14.4 Å². The number of nitrogens with one attached hydrogen (secondary N) is 1. The molecule has 1 N–H and O–H groups in total. The highest BCUT2D eigenvalue weighted by atomic mass is 35.5. The molecule has 2 aromatic rings. The van der Waals surface area contributed by atoms with Crippen molar-refractivity contribution in [3.05, 3.63) is 40.9 Å². The summed E-state index contributed by atoms with van der Waals surface area (Å²) in [5, 5.41) is 3.60. The number of hydrogen-bond donors (Lipinski definition) is 1. The van der Waals surface area contributed by atoms with Crippen LogP contribution >= 0.6 is 11.6 Å². The van der Waals surface area contributed by atoms with Gasteiger partial charge in [0.2, 0.25) is 0 Å². The molecular formula is C15H17ClFN3. The van der Waals surface area contributed by atoms with Gasteiger partial charge in [-0.2, -0.15) is 0 Å². The van der Waals surface area contributed by atoms with E-state index in [1.54, 1.807) is 6.07 Å². The molecule has 0 saturated carbocycles. The van der Waals surface area contributed by atoms with Gasteiger partial charge in [-0.05, 0) is 31.5 Å². The molecule has 0 spiro atoms. The van der Waals surface area contributed by atoms with Crippen molar-refractivity contribution in [1.82, 2.24) is 9.97 Å². The van der Waals surface area contributed by atoms with Gasteiger partial charge in [-0.1, -0.05) is 24.9 Å². The molecule has 1 aromatic carbocycles. The summed E-state index contributed by atoms with van der Waals surface area (Å²) >= 11 is 6.14. The number of halogens is 2. The second-order valence-electron chi connectivity index (χ2n) is 4.45. The number of hydrogen-bond acceptors (Lipinski definition) is 3. The van der Waals surface area contributed by atoms with Gasteiger partial charge in [0, 0.05) is 17.7 Å². The third-order valence-corrected chi connectivity index (χ3v) is 3.29. The molecule has 1 aromatic heterocycles. The summed E-state index contributed by atoms with van der Waals surface area (Å²) in [6, 6.07) is 4.36. The second kappa shape index (κ2) is 6.66. The minimum Gasteiger partial charge on any atom is -0.370 e. The van der Waals surface area contributed by atoms with Crippen molar-refractivity contribution in [1.29, 1.82) is 0 Å². The first kappa shape index (κ1) is 14.7. The molecule has 0 fully saturated rings. The predicted molar refractivity (Wildman–Crippen MR) is 80.6 cm³/mol. The Labute approximate surface area is 123 Å². The predicted octanol–water partition coefficient (Wildman–Crippen LogP) is 4.32. The summed E-state index contributed by atoms with van der Waals surface area (Å²) < 4.78 is 13.2. The Morgan fingerprint density at radius 2 is 2.05 bits per heavy atom. The average Bonchev–Trinajstić information content (AvgIpc) is 2.42. The highest BCUT2D eigenvalue weighted by Gasteiger charge is 2.14. The van der Waals surface area contributed by atoms with Crippen molar-refractivity contribution in [2.75, 3.05) is 11.9 Å². The van der Waals surface area contributed by atoms with E-state index in [1.165, 1.54) is 18.5 Å². The highest BCUT2D eigenvalue weighted by Crippen LogP contribution is 2.32. The van der Waals surface area contributed by atoms with E-state index in [1.807, 2.05) is 6.92 Å².